The molecule has 1 atom stereocenters. The van der Waals surface area contributed by atoms with Crippen LogP contribution in [0.25, 0.3) is 0 Å². The molecule has 0 aliphatic carbocycles. The van der Waals surface area contributed by atoms with Crippen LogP contribution < -0.4 is 0 Å². The zero-order chi connectivity index (χ0) is 56.4. The Labute approximate surface area is 484 Å². The smallest absolute Gasteiger partial charge is 0.306 e. The number of unbranched alkanes of at least 4 members (excludes halogenated alkanes) is 36. The quantitative estimate of drug-likeness (QED) is 0.0261. The third-order valence-corrected chi connectivity index (χ3v) is 14.6. The largest absolute Gasteiger partial charge is 0.462 e. The lowest BCUT2D eigenvalue weighted by Gasteiger charge is -2.18. The molecule has 0 amide bonds. The highest BCUT2D eigenvalue weighted by molar-refractivity contribution is 5.71. The van der Waals surface area contributed by atoms with Gasteiger partial charge < -0.3 is 14.2 Å². The fourth-order valence-electron chi connectivity index (χ4n) is 9.62. The van der Waals surface area contributed by atoms with Gasteiger partial charge in [-0.1, -0.05) is 305 Å². The van der Waals surface area contributed by atoms with Gasteiger partial charge in [0.05, 0.1) is 0 Å². The zero-order valence-corrected chi connectivity index (χ0v) is 51.7. The van der Waals surface area contributed by atoms with Crippen molar-refractivity contribution < 1.29 is 28.6 Å². The Bertz CT molecular complexity index is 1480. The molecule has 0 rings (SSSR count). The van der Waals surface area contributed by atoms with Crippen LogP contribution in [0, 0.1) is 0 Å². The van der Waals surface area contributed by atoms with E-state index in [0.29, 0.717) is 19.3 Å². The Hall–Kier alpha value is -3.41. The number of rotatable bonds is 61. The number of allylic oxidation sites excluding steroid dienone is 14. The molecule has 1 unspecified atom stereocenters. The molecule has 0 aromatic rings. The maximum atomic E-state index is 12.9. The monoisotopic (exact) mass is 1090 g/mol. The van der Waals surface area contributed by atoms with Gasteiger partial charge in [-0.15, -0.1) is 0 Å². The van der Waals surface area contributed by atoms with E-state index in [4.69, 9.17) is 14.2 Å². The molecule has 0 bridgehead atoms. The van der Waals surface area contributed by atoms with E-state index in [1.54, 1.807) is 0 Å². The number of esters is 3. The van der Waals surface area contributed by atoms with E-state index >= 15 is 0 Å². The minimum absolute atomic E-state index is 0.0863. The Morgan fingerprint density at radius 1 is 0.269 bits per heavy atom. The average Bonchev–Trinajstić information content (AvgIpc) is 3.44. The van der Waals surface area contributed by atoms with Crippen LogP contribution in [-0.4, -0.2) is 37.2 Å². The third kappa shape index (κ3) is 63.4. The van der Waals surface area contributed by atoms with Crippen LogP contribution in [-0.2, 0) is 28.6 Å². The summed E-state index contributed by atoms with van der Waals surface area (Å²) in [5.74, 6) is -0.904. The Balaban J connectivity index is 4.25. The van der Waals surface area contributed by atoms with E-state index in [-0.39, 0.29) is 31.1 Å². The standard InChI is InChI=1S/C72H126O6/c1-4-7-10-13-16-19-22-25-27-29-31-32-33-34-35-36-37-38-39-40-42-43-45-47-50-53-56-59-62-65-71(74)77-68-69(67-76-70(73)64-61-58-55-52-49-24-21-18-15-12-9-6-3)78-72(75)66-63-60-57-54-51-48-46-44-41-30-28-26-23-20-17-14-11-8-5-2/h8,11,17,20,22,25-26,28-29,31,41,44,48,51,69H,4-7,9-10,12-16,18-19,21,23-24,27,30,32-40,42-43,45-47,49-50,52-68H2,1-3H3/b11-8-,20-17-,25-22-,28-26-,31-29-,44-41-,51-48-. The van der Waals surface area contributed by atoms with Crippen molar-refractivity contribution in [3.8, 4) is 0 Å². The second-order valence-corrected chi connectivity index (χ2v) is 22.4. The summed E-state index contributed by atoms with van der Waals surface area (Å²) in [4.78, 5) is 38.3. The van der Waals surface area contributed by atoms with Crippen molar-refractivity contribution in [3.63, 3.8) is 0 Å². The zero-order valence-electron chi connectivity index (χ0n) is 51.7. The van der Waals surface area contributed by atoms with Crippen molar-refractivity contribution in [2.75, 3.05) is 13.2 Å². The molecule has 6 nitrogen and oxygen atoms in total. The minimum atomic E-state index is -0.793. The van der Waals surface area contributed by atoms with Gasteiger partial charge in [0, 0.05) is 19.3 Å². The summed E-state index contributed by atoms with van der Waals surface area (Å²) in [6.07, 6.45) is 87.5. The highest BCUT2D eigenvalue weighted by Crippen LogP contribution is 2.17. The molecule has 0 saturated carbocycles. The lowest BCUT2D eigenvalue weighted by Crippen LogP contribution is -2.30. The van der Waals surface area contributed by atoms with E-state index < -0.39 is 6.10 Å². The van der Waals surface area contributed by atoms with Crippen LogP contribution in [0.2, 0.25) is 0 Å². The second-order valence-electron chi connectivity index (χ2n) is 22.4. The van der Waals surface area contributed by atoms with Gasteiger partial charge >= 0.3 is 17.9 Å². The molecule has 450 valence electrons. The maximum absolute atomic E-state index is 12.9. The number of carbonyl (C=O) groups is 3. The number of hydrogen-bond donors (Lipinski definition) is 0. The number of carbonyl (C=O) groups excluding carboxylic acids is 3. The van der Waals surface area contributed by atoms with Crippen molar-refractivity contribution in [1.29, 1.82) is 0 Å². The molecule has 0 aromatic heterocycles. The molecule has 0 saturated heterocycles. The predicted molar refractivity (Wildman–Crippen MR) is 339 cm³/mol. The summed E-state index contributed by atoms with van der Waals surface area (Å²) in [7, 11) is 0. The Morgan fingerprint density at radius 2 is 0.500 bits per heavy atom. The topological polar surface area (TPSA) is 78.9 Å². The van der Waals surface area contributed by atoms with E-state index in [2.05, 4.69) is 106 Å². The maximum Gasteiger partial charge on any atom is 0.306 e. The van der Waals surface area contributed by atoms with Gasteiger partial charge in [0.15, 0.2) is 6.10 Å². The predicted octanol–water partition coefficient (Wildman–Crippen LogP) is 23.1. The van der Waals surface area contributed by atoms with E-state index in [1.165, 1.54) is 193 Å². The summed E-state index contributed by atoms with van der Waals surface area (Å²) in [6.45, 7) is 6.52. The molecule has 0 aromatic carbocycles. The van der Waals surface area contributed by atoms with Crippen molar-refractivity contribution >= 4 is 17.9 Å². The van der Waals surface area contributed by atoms with E-state index in [1.807, 2.05) is 0 Å². The van der Waals surface area contributed by atoms with Crippen molar-refractivity contribution in [1.82, 2.24) is 0 Å². The first-order valence-corrected chi connectivity index (χ1v) is 33.6. The SMILES string of the molecule is CC/C=C\C/C=C\C/C=C\C/C=C\C/C=C\CCCCCC(=O)OC(COC(=O)CCCCCCCCCCCCCC)COC(=O)CCCCCCCCCCCCCCCCCCC/C=C\C/C=C\CCCCCCC. The van der Waals surface area contributed by atoms with Gasteiger partial charge in [-0.05, 0) is 96.3 Å². The van der Waals surface area contributed by atoms with Gasteiger partial charge in [0.25, 0.3) is 0 Å². The molecular formula is C72H126O6. The first kappa shape index (κ1) is 74.6. The molecule has 6 heteroatoms. The van der Waals surface area contributed by atoms with Gasteiger partial charge in [-0.25, -0.2) is 0 Å². The van der Waals surface area contributed by atoms with Crippen molar-refractivity contribution in [2.24, 2.45) is 0 Å². The van der Waals surface area contributed by atoms with E-state index in [9.17, 15) is 14.4 Å². The van der Waals surface area contributed by atoms with Gasteiger partial charge in [-0.3, -0.25) is 14.4 Å². The van der Waals surface area contributed by atoms with Crippen LogP contribution in [0.1, 0.15) is 335 Å². The summed E-state index contributed by atoms with van der Waals surface area (Å²) >= 11 is 0. The van der Waals surface area contributed by atoms with Crippen molar-refractivity contribution in [2.45, 2.75) is 341 Å². The van der Waals surface area contributed by atoms with Gasteiger partial charge in [0.2, 0.25) is 0 Å². The van der Waals surface area contributed by atoms with Crippen LogP contribution >= 0.6 is 0 Å². The Kier molecular flexibility index (Phi) is 63.2. The van der Waals surface area contributed by atoms with Crippen LogP contribution in [0.3, 0.4) is 0 Å². The molecule has 0 spiro atoms. The average molecular weight is 1090 g/mol. The summed E-state index contributed by atoms with van der Waals surface area (Å²) in [5, 5.41) is 0. The summed E-state index contributed by atoms with van der Waals surface area (Å²) in [6, 6.07) is 0. The first-order chi connectivity index (χ1) is 38.5. The third-order valence-electron chi connectivity index (χ3n) is 14.6. The van der Waals surface area contributed by atoms with Crippen molar-refractivity contribution in [3.05, 3.63) is 85.1 Å². The fourth-order valence-corrected chi connectivity index (χ4v) is 9.62. The molecule has 78 heavy (non-hydrogen) atoms. The summed E-state index contributed by atoms with van der Waals surface area (Å²) in [5.41, 5.74) is 0. The molecule has 0 aliphatic heterocycles. The normalized spacial score (nSPS) is 12.6. The molecule has 0 heterocycles. The molecule has 0 N–H and O–H groups in total. The van der Waals surface area contributed by atoms with Gasteiger partial charge in [0.1, 0.15) is 13.2 Å². The second kappa shape index (κ2) is 66.1. The highest BCUT2D eigenvalue weighted by atomic mass is 16.6. The molecular weight excluding hydrogens is 961 g/mol. The van der Waals surface area contributed by atoms with Crippen LogP contribution in [0.4, 0.5) is 0 Å². The van der Waals surface area contributed by atoms with Gasteiger partial charge in [-0.2, -0.15) is 0 Å². The fraction of sp³-hybridized carbons (Fsp3) is 0.764. The highest BCUT2D eigenvalue weighted by Gasteiger charge is 2.19. The molecule has 0 fully saturated rings. The number of hydrogen-bond acceptors (Lipinski definition) is 6. The summed E-state index contributed by atoms with van der Waals surface area (Å²) < 4.78 is 16.9. The first-order valence-electron chi connectivity index (χ1n) is 33.6. The lowest BCUT2D eigenvalue weighted by molar-refractivity contribution is -0.167. The lowest BCUT2D eigenvalue weighted by atomic mass is 10.0. The van der Waals surface area contributed by atoms with Crippen LogP contribution in [0.5, 0.6) is 0 Å². The molecule has 0 radical (unpaired) electrons. The van der Waals surface area contributed by atoms with E-state index in [0.717, 1.165) is 103 Å². The minimum Gasteiger partial charge on any atom is -0.462 e. The Morgan fingerprint density at radius 3 is 0.795 bits per heavy atom. The molecule has 0 aliphatic rings. The number of ether oxygens (including phenoxy) is 3. The van der Waals surface area contributed by atoms with Crippen LogP contribution in [0.15, 0.2) is 85.1 Å².